The molecule has 43 heavy (non-hydrogen) atoms. The molecule has 11 heteroatoms. The monoisotopic (exact) mass is 602 g/mol. The van der Waals surface area contributed by atoms with Crippen LogP contribution in [0.25, 0.3) is 22.2 Å². The first-order chi connectivity index (χ1) is 21.8. The number of amides is 2. The van der Waals surface area contributed by atoms with Gasteiger partial charge < -0.3 is 24.4 Å². The van der Waals surface area contributed by atoms with Crippen LogP contribution in [0.2, 0.25) is 5.02 Å². The van der Waals surface area contributed by atoms with E-state index in [0.29, 0.717) is 46.4 Å². The number of hydrogen-bond acceptors (Lipinski definition) is 7. The van der Waals surface area contributed by atoms with Crippen LogP contribution in [0.4, 0.5) is 10.7 Å². The molecule has 5 heterocycles. The quantitative estimate of drug-likeness (QED) is 0.317. The van der Waals surface area contributed by atoms with Crippen molar-refractivity contribution in [2.75, 3.05) is 25.0 Å². The first-order valence-corrected chi connectivity index (χ1v) is 14.9. The molecule has 1 fully saturated rings. The highest BCUT2D eigenvalue weighted by molar-refractivity contribution is 6.32. The highest BCUT2D eigenvalue weighted by Gasteiger charge is 2.44. The predicted molar refractivity (Wildman–Crippen MR) is 164 cm³/mol. The number of nitrogens with one attached hydrogen (secondary N) is 1. The second-order valence-corrected chi connectivity index (χ2v) is 12.7. The van der Waals surface area contributed by atoms with Crippen LogP contribution in [0, 0.1) is 0 Å². The lowest BCUT2D eigenvalue weighted by Crippen LogP contribution is -2.42. The van der Waals surface area contributed by atoms with Gasteiger partial charge in [0.05, 0.1) is 23.1 Å². The minimum Gasteiger partial charge on any atom is -0.444 e. The Bertz CT molecular complexity index is 1850. The maximum absolute atomic E-state index is 13.6. The number of imidazole rings is 1. The molecule has 2 aromatic heterocycles. The third kappa shape index (κ3) is 4.77. The van der Waals surface area contributed by atoms with Gasteiger partial charge >= 0.3 is 6.09 Å². The number of anilines is 1. The fourth-order valence-corrected chi connectivity index (χ4v) is 6.82. The third-order valence-corrected chi connectivity index (χ3v) is 8.74. The predicted octanol–water partition coefficient (Wildman–Crippen LogP) is 5.76. The van der Waals surface area contributed by atoms with Crippen molar-refractivity contribution in [3.05, 3.63) is 70.8 Å². The van der Waals surface area contributed by atoms with Crippen molar-refractivity contribution in [2.24, 2.45) is 0 Å². The van der Waals surface area contributed by atoms with Crippen LogP contribution in [-0.4, -0.2) is 68.1 Å². The van der Waals surface area contributed by atoms with E-state index in [9.17, 15) is 9.59 Å². The first-order valence-electron chi connectivity index (χ1n) is 16.0. The molecule has 0 unspecified atom stereocenters. The maximum atomic E-state index is 13.6. The number of aromatic nitrogens is 4. The molecule has 4 aromatic rings. The smallest absolute Gasteiger partial charge is 0.407 e. The topological polar surface area (TPSA) is 105 Å². The van der Waals surface area contributed by atoms with Crippen LogP contribution in [0.15, 0.2) is 48.8 Å². The summed E-state index contributed by atoms with van der Waals surface area (Å²) in [7, 11) is 0. The number of fused-ring (bicyclic) bond motifs is 9. The molecule has 3 aliphatic rings. The molecule has 3 atom stereocenters. The molecule has 0 spiro atoms. The Morgan fingerprint density at radius 1 is 1.16 bits per heavy atom. The van der Waals surface area contributed by atoms with E-state index in [1.807, 2.05) is 43.5 Å². The van der Waals surface area contributed by atoms with E-state index < -0.39 is 30.6 Å². The Balaban J connectivity index is 1.19. The molecule has 7 rings (SSSR count). The van der Waals surface area contributed by atoms with E-state index in [4.69, 9.17) is 35.4 Å². The van der Waals surface area contributed by atoms with Gasteiger partial charge in [-0.1, -0.05) is 23.7 Å². The lowest BCUT2D eigenvalue weighted by molar-refractivity contribution is 0.0524. The Labute approximate surface area is 259 Å². The molecule has 2 amide bonds. The van der Waals surface area contributed by atoms with Crippen LogP contribution < -0.4 is 10.2 Å². The fourth-order valence-electron chi connectivity index (χ4n) is 6.52. The van der Waals surface area contributed by atoms with Crippen molar-refractivity contribution in [1.82, 2.24) is 29.7 Å². The summed E-state index contributed by atoms with van der Waals surface area (Å²) in [6, 6.07) is 9.84. The van der Waals surface area contributed by atoms with Crippen molar-refractivity contribution >= 4 is 40.6 Å². The Kier molecular flexibility index (Phi) is 5.77. The summed E-state index contributed by atoms with van der Waals surface area (Å²) in [5.74, 6) is 0.551. The summed E-state index contributed by atoms with van der Waals surface area (Å²) in [5, 5.41) is 3.28. The van der Waals surface area contributed by atoms with E-state index in [0.717, 1.165) is 40.9 Å². The summed E-state index contributed by atoms with van der Waals surface area (Å²) in [5.41, 5.74) is 3.52. The molecular formula is C32H34ClN7O3. The Hall–Kier alpha value is -4.18. The largest absolute Gasteiger partial charge is 0.444 e. The Morgan fingerprint density at radius 3 is 2.74 bits per heavy atom. The zero-order valence-corrected chi connectivity index (χ0v) is 24.9. The van der Waals surface area contributed by atoms with Crippen molar-refractivity contribution < 1.29 is 18.4 Å². The van der Waals surface area contributed by atoms with E-state index in [-0.39, 0.29) is 12.1 Å². The number of alkyl carbamates (subject to hydrolysis) is 1. The van der Waals surface area contributed by atoms with Gasteiger partial charge in [-0.25, -0.2) is 19.7 Å². The van der Waals surface area contributed by atoms with Crippen molar-refractivity contribution in [3.8, 4) is 11.1 Å². The molecule has 1 N–H and O–H groups in total. The van der Waals surface area contributed by atoms with Gasteiger partial charge in [-0.3, -0.25) is 4.79 Å². The molecule has 2 aromatic carbocycles. The highest BCUT2D eigenvalue weighted by Crippen LogP contribution is 2.49. The summed E-state index contributed by atoms with van der Waals surface area (Å²) in [6.07, 6.45) is 5.36. The lowest BCUT2D eigenvalue weighted by Gasteiger charge is -2.26. The summed E-state index contributed by atoms with van der Waals surface area (Å²) >= 11 is 6.69. The molecule has 0 saturated carbocycles. The van der Waals surface area contributed by atoms with Gasteiger partial charge in [0, 0.05) is 70.7 Å². The van der Waals surface area contributed by atoms with Crippen molar-refractivity contribution in [3.63, 3.8) is 0 Å². The molecule has 2 bridgehead atoms. The number of halogens is 1. The van der Waals surface area contributed by atoms with Crippen LogP contribution in [0.1, 0.15) is 78.0 Å². The van der Waals surface area contributed by atoms with Crippen LogP contribution in [0.3, 0.4) is 0 Å². The Morgan fingerprint density at radius 2 is 1.98 bits per heavy atom. The summed E-state index contributed by atoms with van der Waals surface area (Å²) in [4.78, 5) is 43.1. The first kappa shape index (κ1) is 24.3. The second kappa shape index (κ2) is 10.2. The molecule has 10 nitrogen and oxygen atoms in total. The zero-order valence-electron chi connectivity index (χ0n) is 27.2. The number of ether oxygens (including phenoxy) is 1. The van der Waals surface area contributed by atoms with E-state index >= 15 is 0 Å². The minimum atomic E-state index is -2.66. The summed E-state index contributed by atoms with van der Waals surface area (Å²) < 4.78 is 32.1. The molecule has 1 saturated heterocycles. The average Bonchev–Trinajstić information content (AvgIpc) is 3.67. The van der Waals surface area contributed by atoms with Gasteiger partial charge in [-0.15, -0.1) is 0 Å². The minimum absolute atomic E-state index is 0.0589. The number of rotatable bonds is 4. The number of nitrogens with zero attached hydrogens (tertiary/aromatic N) is 6. The van der Waals surface area contributed by atoms with Crippen LogP contribution in [-0.2, 0) is 4.74 Å². The zero-order chi connectivity index (χ0) is 32.5. The fraction of sp³-hybridized carbons (Fsp3) is 0.406. The van der Waals surface area contributed by atoms with E-state index in [1.54, 1.807) is 30.6 Å². The SMILES string of the molecule is [2H]C([2H])([2H])N1C(=O)c2cccc(Cl)c2[C@H]2C[C@@H]1c1nc3ccc(-c4cnc(N5CCC[C@H]5CNC(=O)OC(C)(C)C)nc4)cc3n12. The van der Waals surface area contributed by atoms with Gasteiger partial charge in [0.15, 0.2) is 0 Å². The summed E-state index contributed by atoms with van der Waals surface area (Å²) in [6.45, 7) is 4.06. The van der Waals surface area contributed by atoms with Gasteiger partial charge in [-0.05, 0) is 63.4 Å². The average molecular weight is 603 g/mol. The molecule has 0 aliphatic carbocycles. The molecular weight excluding hydrogens is 566 g/mol. The normalized spacial score (nSPS) is 22.5. The van der Waals surface area contributed by atoms with Crippen LogP contribution >= 0.6 is 11.6 Å². The van der Waals surface area contributed by atoms with Crippen molar-refractivity contribution in [2.45, 2.75) is 63.8 Å². The molecule has 3 aliphatic heterocycles. The van der Waals surface area contributed by atoms with Gasteiger partial charge in [-0.2, -0.15) is 0 Å². The maximum Gasteiger partial charge on any atom is 0.407 e. The standard InChI is InChI=1S/C32H34ClN7O3/c1-32(2,3)43-31(42)36-17-20-7-6-12-39(20)30-34-15-19(16-35-30)18-10-11-23-24(13-18)40-25-14-26(28(40)37-23)38(4)29(41)21-8-5-9-22(33)27(21)25/h5,8-11,13,15-16,20,25-26H,6-7,12,14,17H2,1-4H3,(H,36,42)/t20-,25+,26+/m0/s1/i4D3. The van der Waals surface area contributed by atoms with Gasteiger partial charge in [0.25, 0.3) is 5.91 Å². The molecule has 0 radical (unpaired) electrons. The van der Waals surface area contributed by atoms with Crippen LogP contribution in [0.5, 0.6) is 0 Å². The number of carbonyl (C=O) groups is 2. The number of hydrogen-bond donors (Lipinski definition) is 1. The van der Waals surface area contributed by atoms with E-state index in [1.165, 1.54) is 0 Å². The third-order valence-electron chi connectivity index (χ3n) is 8.41. The lowest BCUT2D eigenvalue weighted by atomic mass is 9.98. The van der Waals surface area contributed by atoms with E-state index in [2.05, 4.69) is 10.2 Å². The van der Waals surface area contributed by atoms with Gasteiger partial charge in [0.1, 0.15) is 11.4 Å². The van der Waals surface area contributed by atoms with Crippen molar-refractivity contribution in [1.29, 1.82) is 0 Å². The highest BCUT2D eigenvalue weighted by atomic mass is 35.5. The number of carbonyl (C=O) groups excluding carboxylic acids is 2. The van der Waals surface area contributed by atoms with Gasteiger partial charge in [0.2, 0.25) is 5.95 Å². The number of benzene rings is 2. The second-order valence-electron chi connectivity index (χ2n) is 12.3. The molecule has 222 valence electrons.